The van der Waals surface area contributed by atoms with Crippen LogP contribution in [-0.2, 0) is 32.6 Å². The number of aliphatic hydroxyl groups excluding tert-OH is 1. The molecule has 0 radical (unpaired) electrons. The highest BCUT2D eigenvalue weighted by Crippen LogP contribution is 2.39. The van der Waals surface area contributed by atoms with Crippen LogP contribution >= 0.6 is 23.2 Å². The van der Waals surface area contributed by atoms with Gasteiger partial charge >= 0.3 is 0 Å². The highest BCUT2D eigenvalue weighted by molar-refractivity contribution is 7.92. The maximum atomic E-state index is 12.8. The lowest BCUT2D eigenvalue weighted by molar-refractivity contribution is -0.252. The fourth-order valence-electron chi connectivity index (χ4n) is 4.28. The van der Waals surface area contributed by atoms with Crippen molar-refractivity contribution in [3.05, 3.63) is 112 Å². The molecular formula is C27H25Cl2N3O5S. The van der Waals surface area contributed by atoms with Gasteiger partial charge in [0, 0.05) is 17.7 Å². The predicted molar refractivity (Wildman–Crippen MR) is 144 cm³/mol. The zero-order valence-electron chi connectivity index (χ0n) is 20.1. The molecule has 1 aliphatic rings. The fourth-order valence-corrected chi connectivity index (χ4v) is 5.67. The van der Waals surface area contributed by atoms with E-state index in [2.05, 4.69) is 9.71 Å². The molecule has 5 rings (SSSR count). The Labute approximate surface area is 230 Å². The minimum atomic E-state index is -3.76. The Morgan fingerprint density at radius 1 is 0.974 bits per heavy atom. The zero-order valence-corrected chi connectivity index (χ0v) is 22.4. The predicted octanol–water partition coefficient (Wildman–Crippen LogP) is 5.73. The van der Waals surface area contributed by atoms with Crippen molar-refractivity contribution >= 4 is 38.9 Å². The third kappa shape index (κ3) is 6.04. The maximum absolute atomic E-state index is 12.8. The van der Waals surface area contributed by atoms with Crippen LogP contribution in [0.3, 0.4) is 0 Å². The third-order valence-electron chi connectivity index (χ3n) is 6.21. The number of ether oxygens (including phenoxy) is 2. The highest BCUT2D eigenvalue weighted by Gasteiger charge is 2.33. The van der Waals surface area contributed by atoms with E-state index in [9.17, 15) is 13.5 Å². The molecule has 0 spiro atoms. The molecule has 0 bridgehead atoms. The van der Waals surface area contributed by atoms with Gasteiger partial charge in [0.2, 0.25) is 0 Å². The summed E-state index contributed by atoms with van der Waals surface area (Å²) in [5.74, 6) is 0. The topological polar surface area (TPSA) is 103 Å². The van der Waals surface area contributed by atoms with Crippen LogP contribution in [0.25, 0.3) is 0 Å². The lowest BCUT2D eigenvalue weighted by Gasteiger charge is -2.36. The van der Waals surface area contributed by atoms with Gasteiger partial charge in [-0.1, -0.05) is 77.8 Å². The number of sulfonamides is 1. The number of aromatic nitrogens is 2. The number of aliphatic hydroxyl groups is 1. The van der Waals surface area contributed by atoms with Crippen LogP contribution in [0.5, 0.6) is 0 Å². The number of rotatable bonds is 8. The summed E-state index contributed by atoms with van der Waals surface area (Å²) in [6.07, 6.45) is 0.664. The molecule has 3 unspecified atom stereocenters. The lowest BCUT2D eigenvalue weighted by Crippen LogP contribution is -2.32. The second-order valence-corrected chi connectivity index (χ2v) is 11.3. The van der Waals surface area contributed by atoms with Crippen molar-refractivity contribution in [1.82, 2.24) is 9.55 Å². The van der Waals surface area contributed by atoms with E-state index in [-0.39, 0.29) is 28.9 Å². The molecule has 3 aromatic carbocycles. The second-order valence-electron chi connectivity index (χ2n) is 8.87. The largest absolute Gasteiger partial charge is 0.392 e. The minimum Gasteiger partial charge on any atom is -0.392 e. The Morgan fingerprint density at radius 2 is 1.74 bits per heavy atom. The Kier molecular flexibility index (Phi) is 8.04. The number of hydrogen-bond acceptors (Lipinski definition) is 6. The molecular weight excluding hydrogens is 549 g/mol. The molecule has 8 nitrogen and oxygen atoms in total. The van der Waals surface area contributed by atoms with E-state index in [4.69, 9.17) is 32.7 Å². The van der Waals surface area contributed by atoms with E-state index in [1.54, 1.807) is 47.3 Å². The van der Waals surface area contributed by atoms with E-state index < -0.39 is 16.3 Å². The van der Waals surface area contributed by atoms with Crippen molar-refractivity contribution in [2.75, 3.05) is 4.72 Å². The number of hydrogen-bond donors (Lipinski definition) is 2. The molecule has 1 aromatic heterocycles. The molecule has 2 N–H and O–H groups in total. The van der Waals surface area contributed by atoms with Gasteiger partial charge < -0.3 is 19.1 Å². The van der Waals surface area contributed by atoms with Gasteiger partial charge in [-0.25, -0.2) is 13.4 Å². The number of nitrogens with one attached hydrogen (secondary N) is 1. The van der Waals surface area contributed by atoms with Gasteiger partial charge in [-0.2, -0.15) is 0 Å². The first kappa shape index (κ1) is 26.7. The summed E-state index contributed by atoms with van der Waals surface area (Å²) in [5, 5.41) is 9.94. The van der Waals surface area contributed by atoms with Gasteiger partial charge in [0.1, 0.15) is 5.15 Å². The Bertz CT molecular complexity index is 1500. The molecule has 4 aromatic rings. The lowest BCUT2D eigenvalue weighted by atomic mass is 10.00. The van der Waals surface area contributed by atoms with Gasteiger partial charge in [0.15, 0.2) is 11.4 Å². The zero-order chi connectivity index (χ0) is 26.7. The third-order valence-corrected chi connectivity index (χ3v) is 8.38. The molecule has 198 valence electrons. The number of benzene rings is 3. The van der Waals surface area contributed by atoms with Gasteiger partial charge in [0.05, 0.1) is 36.6 Å². The summed E-state index contributed by atoms with van der Waals surface area (Å²) in [6, 6.07) is 22.6. The first-order valence-electron chi connectivity index (χ1n) is 11.9. The normalized spacial score (nSPS) is 19.8. The molecule has 0 saturated carbocycles. The summed E-state index contributed by atoms with van der Waals surface area (Å²) >= 11 is 12.3. The molecule has 0 amide bonds. The van der Waals surface area contributed by atoms with Gasteiger partial charge in [-0.3, -0.25) is 4.72 Å². The van der Waals surface area contributed by atoms with E-state index >= 15 is 0 Å². The smallest absolute Gasteiger partial charge is 0.261 e. The fraction of sp³-hybridized carbons (Fsp3) is 0.222. The summed E-state index contributed by atoms with van der Waals surface area (Å²) in [6.45, 7) is 0.343. The molecule has 1 saturated heterocycles. The van der Waals surface area contributed by atoms with Crippen LogP contribution in [-0.4, -0.2) is 29.2 Å². The van der Waals surface area contributed by atoms with E-state index in [1.807, 2.05) is 30.3 Å². The number of imidazole rings is 1. The van der Waals surface area contributed by atoms with Crippen molar-refractivity contribution in [3.63, 3.8) is 0 Å². The Hall–Kier alpha value is -2.92. The van der Waals surface area contributed by atoms with Crippen molar-refractivity contribution in [3.8, 4) is 0 Å². The second kappa shape index (κ2) is 11.4. The van der Waals surface area contributed by atoms with E-state index in [1.165, 1.54) is 12.1 Å². The Morgan fingerprint density at radius 3 is 2.42 bits per heavy atom. The van der Waals surface area contributed by atoms with Crippen LogP contribution in [0, 0.1) is 0 Å². The maximum Gasteiger partial charge on any atom is 0.261 e. The van der Waals surface area contributed by atoms with Crippen LogP contribution < -0.4 is 4.72 Å². The highest BCUT2D eigenvalue weighted by atomic mass is 35.5. The first-order chi connectivity index (χ1) is 18.3. The number of anilines is 1. The first-order valence-corrected chi connectivity index (χ1v) is 14.1. The number of halogens is 2. The van der Waals surface area contributed by atoms with Crippen LogP contribution in [0.4, 0.5) is 5.69 Å². The van der Waals surface area contributed by atoms with Crippen molar-refractivity contribution < 1.29 is 23.0 Å². The Balaban J connectivity index is 1.41. The molecule has 1 aliphatic heterocycles. The standard InChI is InChI=1S/C27H25Cl2N3O5S/c28-25-26(29)32(17-30-25)15-22-14-24(19-11-9-18(16-33)10-12-19)37-27(36-22)20-5-4-6-21(13-20)31-38(34,35)23-7-2-1-3-8-23/h1-13,17,22,24,27,31,33H,14-16H2. The molecule has 38 heavy (non-hydrogen) atoms. The molecule has 2 heterocycles. The van der Waals surface area contributed by atoms with E-state index in [0.717, 1.165) is 11.1 Å². The van der Waals surface area contributed by atoms with Crippen LogP contribution in [0.2, 0.25) is 10.3 Å². The van der Waals surface area contributed by atoms with Crippen LogP contribution in [0.1, 0.15) is 35.5 Å². The molecule has 0 aliphatic carbocycles. The number of nitrogens with zero attached hydrogens (tertiary/aromatic N) is 2. The van der Waals surface area contributed by atoms with Gasteiger partial charge in [-0.15, -0.1) is 0 Å². The van der Waals surface area contributed by atoms with E-state index in [0.29, 0.717) is 29.4 Å². The van der Waals surface area contributed by atoms with Crippen molar-refractivity contribution in [2.24, 2.45) is 0 Å². The van der Waals surface area contributed by atoms with Gasteiger partial charge in [-0.05, 0) is 35.4 Å². The SMILES string of the molecule is O=S(=O)(Nc1cccc(C2OC(Cn3cnc(Cl)c3Cl)CC(c3ccc(CO)cc3)O2)c1)c1ccccc1. The van der Waals surface area contributed by atoms with Gasteiger partial charge in [0.25, 0.3) is 10.0 Å². The average molecular weight is 574 g/mol. The van der Waals surface area contributed by atoms with Crippen molar-refractivity contribution in [2.45, 2.75) is 43.0 Å². The monoisotopic (exact) mass is 573 g/mol. The average Bonchev–Trinajstić information content (AvgIpc) is 3.25. The molecule has 1 fully saturated rings. The molecule has 3 atom stereocenters. The van der Waals surface area contributed by atoms with Crippen molar-refractivity contribution in [1.29, 1.82) is 0 Å². The summed E-state index contributed by atoms with van der Waals surface area (Å²) in [7, 11) is -3.76. The summed E-state index contributed by atoms with van der Waals surface area (Å²) < 4.78 is 42.7. The van der Waals surface area contributed by atoms with Crippen LogP contribution in [0.15, 0.2) is 90.1 Å². The summed E-state index contributed by atoms with van der Waals surface area (Å²) in [5.41, 5.74) is 2.76. The quantitative estimate of drug-likeness (QED) is 0.279. The molecule has 11 heteroatoms. The summed E-state index contributed by atoms with van der Waals surface area (Å²) in [4.78, 5) is 4.21. The minimum absolute atomic E-state index is 0.0499.